The van der Waals surface area contributed by atoms with Crippen molar-refractivity contribution in [3.05, 3.63) is 23.0 Å². The fraction of sp³-hybridized carbons (Fsp3) is 0.737. The highest BCUT2D eigenvalue weighted by molar-refractivity contribution is 7.40. The molecule has 172 valence electrons. The molecule has 3 unspecified atom stereocenters. The molecule has 0 radical (unpaired) electrons. The van der Waals surface area contributed by atoms with Crippen molar-refractivity contribution >= 4 is 19.2 Å². The summed E-state index contributed by atoms with van der Waals surface area (Å²) in [6.07, 6.45) is -0.747. The van der Waals surface area contributed by atoms with Crippen molar-refractivity contribution in [1.82, 2.24) is 19.5 Å². The van der Waals surface area contributed by atoms with Crippen molar-refractivity contribution in [2.45, 2.75) is 88.9 Å². The molecular formula is C19H30N4O7P+. The molecule has 0 aliphatic carbocycles. The van der Waals surface area contributed by atoms with Crippen molar-refractivity contribution in [3.8, 4) is 0 Å². The first-order valence-corrected chi connectivity index (χ1v) is 11.6. The van der Waals surface area contributed by atoms with E-state index in [1.54, 1.807) is 20.8 Å². The summed E-state index contributed by atoms with van der Waals surface area (Å²) in [7, 11) is -2.40. The second-order valence-corrected chi connectivity index (χ2v) is 9.68. The van der Waals surface area contributed by atoms with E-state index < -0.39 is 49.1 Å². The van der Waals surface area contributed by atoms with Crippen LogP contribution in [-0.4, -0.2) is 64.1 Å². The molecule has 6 atom stereocenters. The molecule has 1 aliphatic heterocycles. The van der Waals surface area contributed by atoms with E-state index in [4.69, 9.17) is 9.26 Å². The quantitative estimate of drug-likeness (QED) is 0.410. The monoisotopic (exact) mass is 457 g/mol. The third kappa shape index (κ3) is 4.44. The van der Waals surface area contributed by atoms with Crippen LogP contribution in [0.4, 0.5) is 0 Å². The summed E-state index contributed by atoms with van der Waals surface area (Å²) in [5.41, 5.74) is -1.09. The van der Waals surface area contributed by atoms with E-state index in [0.717, 1.165) is 0 Å². The van der Waals surface area contributed by atoms with Gasteiger partial charge in [-0.3, -0.25) is 9.36 Å². The molecule has 2 aromatic rings. The van der Waals surface area contributed by atoms with Gasteiger partial charge in [-0.1, -0.05) is 20.8 Å². The highest BCUT2D eigenvalue weighted by Gasteiger charge is 2.53. The van der Waals surface area contributed by atoms with Crippen molar-refractivity contribution in [2.75, 3.05) is 0 Å². The van der Waals surface area contributed by atoms with Gasteiger partial charge in [-0.15, -0.1) is 4.52 Å². The van der Waals surface area contributed by atoms with E-state index in [1.165, 1.54) is 17.2 Å². The van der Waals surface area contributed by atoms with Gasteiger partial charge >= 0.3 is 8.03 Å². The Bertz CT molecular complexity index is 991. The summed E-state index contributed by atoms with van der Waals surface area (Å²) in [5, 5.41) is 30.3. The smallest absolute Gasteiger partial charge is 0.388 e. The number of hydrogen-bond acceptors (Lipinski definition) is 9. The van der Waals surface area contributed by atoms with Crippen LogP contribution in [-0.2, 0) is 13.8 Å². The van der Waals surface area contributed by atoms with E-state index in [-0.39, 0.29) is 30.4 Å². The van der Waals surface area contributed by atoms with Crippen molar-refractivity contribution in [2.24, 2.45) is 0 Å². The van der Waals surface area contributed by atoms with Crippen molar-refractivity contribution in [1.29, 1.82) is 0 Å². The third-order valence-electron chi connectivity index (χ3n) is 6.13. The number of aliphatic hydroxyl groups excluding tert-OH is 2. The summed E-state index contributed by atoms with van der Waals surface area (Å²) in [6, 6.07) is 0. The summed E-state index contributed by atoms with van der Waals surface area (Å²) in [5.74, 6) is 0. The number of imidazole rings is 1. The van der Waals surface area contributed by atoms with Crippen LogP contribution in [0.1, 0.15) is 59.6 Å². The standard InChI is InChI=1S/C19H29N4O7P/c1-5-18(4,30-31(28)19(27,6-2)7-3)8-11-13(24)14(25)17(29-11)23-10-22-12-15(23)20-9-21-16(12)26/h9-11,13-14,17,24-25,27H,5-8H2,1-4H3/p+1/t11-,13?,14-,17?,18+/m1/s1. The maximum Gasteiger partial charge on any atom is 0.544 e. The first-order chi connectivity index (χ1) is 14.6. The minimum absolute atomic E-state index is 0.0911. The predicted octanol–water partition coefficient (Wildman–Crippen LogP) is 1.57. The minimum Gasteiger partial charge on any atom is -0.388 e. The molecule has 3 rings (SSSR count). The topological polar surface area (TPSA) is 160 Å². The van der Waals surface area contributed by atoms with Crippen LogP contribution < -0.4 is 5.56 Å². The number of nitrogens with one attached hydrogen (secondary N) is 1. The molecule has 11 nitrogen and oxygen atoms in total. The van der Waals surface area contributed by atoms with Gasteiger partial charge in [0, 0.05) is 19.3 Å². The summed E-state index contributed by atoms with van der Waals surface area (Å²) in [4.78, 5) is 22.4. The Hall–Kier alpha value is -1.75. The van der Waals surface area contributed by atoms with Gasteiger partial charge in [-0.25, -0.2) is 9.97 Å². The Kier molecular flexibility index (Phi) is 6.95. The van der Waals surface area contributed by atoms with Gasteiger partial charge in [0.05, 0.1) is 18.8 Å². The maximum atomic E-state index is 12.7. The fourth-order valence-electron chi connectivity index (χ4n) is 3.64. The first kappa shape index (κ1) is 23.9. The molecule has 0 amide bonds. The van der Waals surface area contributed by atoms with Crippen LogP contribution >= 0.6 is 8.03 Å². The van der Waals surface area contributed by atoms with E-state index in [9.17, 15) is 24.7 Å². The van der Waals surface area contributed by atoms with Gasteiger partial charge < -0.3 is 25.0 Å². The summed E-state index contributed by atoms with van der Waals surface area (Å²) >= 11 is 0. The number of fused-ring (bicyclic) bond motifs is 1. The SMILES string of the molecule is CCC(O)(CC)[P+](=O)O[C@@](C)(CC)C[C@H]1OC(n2cnc3c(=O)[nH]cnc32)[C@H](O)C1O. The fourth-order valence-corrected chi connectivity index (χ4v) is 4.93. The van der Waals surface area contributed by atoms with Gasteiger partial charge in [0.2, 0.25) is 0 Å². The number of aromatic amines is 1. The number of ether oxygens (including phenoxy) is 1. The third-order valence-corrected chi connectivity index (χ3v) is 8.05. The Labute approximate surface area is 180 Å². The zero-order valence-corrected chi connectivity index (χ0v) is 19.0. The number of aromatic nitrogens is 4. The molecule has 3 heterocycles. The lowest BCUT2D eigenvalue weighted by Crippen LogP contribution is -2.39. The summed E-state index contributed by atoms with van der Waals surface area (Å²) in [6.45, 7) is 7.05. The second kappa shape index (κ2) is 9.01. The van der Waals surface area contributed by atoms with Gasteiger partial charge in [0.15, 0.2) is 17.4 Å². The van der Waals surface area contributed by atoms with Crippen LogP contribution in [0, 0.1) is 0 Å². The van der Waals surface area contributed by atoms with Crippen molar-refractivity contribution in [3.63, 3.8) is 0 Å². The molecular weight excluding hydrogens is 427 g/mol. The van der Waals surface area contributed by atoms with Crippen LogP contribution in [0.5, 0.6) is 0 Å². The molecule has 12 heteroatoms. The van der Waals surface area contributed by atoms with E-state index in [0.29, 0.717) is 6.42 Å². The van der Waals surface area contributed by atoms with Gasteiger partial charge in [-0.05, 0) is 17.9 Å². The Morgan fingerprint density at radius 2 is 1.90 bits per heavy atom. The zero-order chi connectivity index (χ0) is 23.0. The lowest BCUT2D eigenvalue weighted by Gasteiger charge is -2.28. The number of rotatable bonds is 9. The Morgan fingerprint density at radius 1 is 1.23 bits per heavy atom. The number of aliphatic hydroxyl groups is 3. The lowest BCUT2D eigenvalue weighted by molar-refractivity contribution is -0.0644. The molecule has 4 N–H and O–H groups in total. The molecule has 0 saturated carbocycles. The van der Waals surface area contributed by atoms with E-state index in [2.05, 4.69) is 15.0 Å². The van der Waals surface area contributed by atoms with E-state index >= 15 is 0 Å². The Morgan fingerprint density at radius 3 is 2.52 bits per heavy atom. The normalized spacial score (nSPS) is 26.9. The molecule has 1 saturated heterocycles. The van der Waals surface area contributed by atoms with Crippen LogP contribution in [0.25, 0.3) is 11.2 Å². The average molecular weight is 457 g/mol. The average Bonchev–Trinajstić information content (AvgIpc) is 3.30. The lowest BCUT2D eigenvalue weighted by atomic mass is 9.93. The first-order valence-electron chi connectivity index (χ1n) is 10.4. The van der Waals surface area contributed by atoms with Gasteiger partial charge in [0.1, 0.15) is 17.8 Å². The van der Waals surface area contributed by atoms with E-state index in [1.807, 2.05) is 6.92 Å². The molecule has 0 spiro atoms. The van der Waals surface area contributed by atoms with Crippen LogP contribution in [0.3, 0.4) is 0 Å². The molecule has 0 aromatic carbocycles. The zero-order valence-electron chi connectivity index (χ0n) is 18.1. The second-order valence-electron chi connectivity index (χ2n) is 8.15. The van der Waals surface area contributed by atoms with Crippen LogP contribution in [0.2, 0.25) is 0 Å². The number of H-pyrrole nitrogens is 1. The van der Waals surface area contributed by atoms with Gasteiger partial charge in [-0.2, -0.15) is 0 Å². The predicted molar refractivity (Wildman–Crippen MR) is 112 cm³/mol. The maximum absolute atomic E-state index is 12.7. The highest BCUT2D eigenvalue weighted by atomic mass is 31.1. The largest absolute Gasteiger partial charge is 0.544 e. The molecule has 2 aromatic heterocycles. The number of hydrogen-bond donors (Lipinski definition) is 4. The molecule has 31 heavy (non-hydrogen) atoms. The van der Waals surface area contributed by atoms with Crippen molar-refractivity contribution < 1.29 is 29.1 Å². The van der Waals surface area contributed by atoms with Gasteiger partial charge in [0.25, 0.3) is 10.9 Å². The van der Waals surface area contributed by atoms with Crippen LogP contribution in [0.15, 0.2) is 17.4 Å². The summed E-state index contributed by atoms with van der Waals surface area (Å²) < 4.78 is 25.8. The molecule has 1 aliphatic rings. The number of nitrogens with zero attached hydrogens (tertiary/aromatic N) is 3. The highest BCUT2D eigenvalue weighted by Crippen LogP contribution is 2.48. The molecule has 1 fully saturated rings. The Balaban J connectivity index is 1.81. The molecule has 0 bridgehead atoms. The minimum atomic E-state index is -2.40.